The average molecular weight is 417 g/mol. The Hall–Kier alpha value is -3.35. The topological polar surface area (TPSA) is 150 Å². The molecule has 3 aromatic rings. The number of nitro groups is 1. The van der Waals surface area contributed by atoms with Crippen molar-refractivity contribution in [2.24, 2.45) is 0 Å². The lowest BCUT2D eigenvalue weighted by molar-refractivity contribution is -0.384. The predicted molar refractivity (Wildman–Crippen MR) is 94.9 cm³/mol. The molecule has 3 heterocycles. The number of nitrogens with one attached hydrogen (secondary N) is 1. The number of alkyl halides is 3. The van der Waals surface area contributed by atoms with Gasteiger partial charge in [0, 0.05) is 24.4 Å². The largest absolute Gasteiger partial charge is 0.434 e. The molecule has 0 spiro atoms. The molecule has 3 rings (SSSR count). The fourth-order valence-electron chi connectivity index (χ4n) is 2.57. The van der Waals surface area contributed by atoms with Crippen LogP contribution in [0.1, 0.15) is 11.3 Å². The fourth-order valence-corrected chi connectivity index (χ4v) is 2.74. The molecule has 10 nitrogen and oxygen atoms in total. The van der Waals surface area contributed by atoms with E-state index in [-0.39, 0.29) is 52.6 Å². The van der Waals surface area contributed by atoms with Gasteiger partial charge in [0.25, 0.3) is 0 Å². The molecule has 0 aliphatic carbocycles. The summed E-state index contributed by atoms with van der Waals surface area (Å²) in [4.78, 5) is 21.6. The third kappa shape index (κ3) is 3.83. The van der Waals surface area contributed by atoms with Gasteiger partial charge in [-0.05, 0) is 12.5 Å². The number of pyridine rings is 1. The van der Waals surface area contributed by atoms with Crippen molar-refractivity contribution in [3.8, 4) is 0 Å². The number of aromatic nitrogens is 4. The van der Waals surface area contributed by atoms with Gasteiger partial charge in [-0.15, -0.1) is 0 Å². The summed E-state index contributed by atoms with van der Waals surface area (Å²) in [6.45, 7) is 0.0612. The smallest absolute Gasteiger partial charge is 0.384 e. The third-order valence-corrected chi connectivity index (χ3v) is 3.88. The van der Waals surface area contributed by atoms with Gasteiger partial charge in [0.1, 0.15) is 16.6 Å². The summed E-state index contributed by atoms with van der Waals surface area (Å²) in [7, 11) is 0. The molecule has 0 fully saturated rings. The summed E-state index contributed by atoms with van der Waals surface area (Å²) in [5.41, 5.74) is 9.77. The zero-order valence-corrected chi connectivity index (χ0v) is 14.6. The zero-order valence-electron chi connectivity index (χ0n) is 13.9. The minimum Gasteiger partial charge on any atom is -0.384 e. The maximum Gasteiger partial charge on any atom is 0.434 e. The summed E-state index contributed by atoms with van der Waals surface area (Å²) in [6.07, 6.45) is -3.79. The highest BCUT2D eigenvalue weighted by atomic mass is 35.5. The first-order valence-corrected chi connectivity index (χ1v) is 8.00. The molecule has 0 aliphatic rings. The summed E-state index contributed by atoms with van der Waals surface area (Å²) >= 11 is 5.84. The van der Waals surface area contributed by atoms with E-state index in [2.05, 4.69) is 20.3 Å². The number of nitrogen functional groups attached to an aromatic ring is 2. The Balaban J connectivity index is 1.87. The van der Waals surface area contributed by atoms with E-state index in [1.165, 1.54) is 12.1 Å². The molecule has 0 amide bonds. The van der Waals surface area contributed by atoms with Crippen LogP contribution in [-0.4, -0.2) is 30.8 Å². The second kappa shape index (κ2) is 6.99. The molecule has 0 unspecified atom stereocenters. The highest BCUT2D eigenvalue weighted by Crippen LogP contribution is 2.30. The number of anilines is 3. The number of nitrogens with two attached hydrogens (primary N) is 2. The normalized spacial score (nSPS) is 11.7. The summed E-state index contributed by atoms with van der Waals surface area (Å²) in [5.74, 6) is -0.332. The van der Waals surface area contributed by atoms with Gasteiger partial charge in [-0.25, -0.2) is 15.0 Å². The molecule has 3 aromatic heterocycles. The van der Waals surface area contributed by atoms with Crippen molar-refractivity contribution < 1.29 is 18.1 Å². The maximum atomic E-state index is 12.9. The van der Waals surface area contributed by atoms with Crippen LogP contribution in [0.4, 0.5) is 36.4 Å². The van der Waals surface area contributed by atoms with Crippen LogP contribution in [0.2, 0.25) is 5.15 Å². The Bertz CT molecular complexity index is 1070. The van der Waals surface area contributed by atoms with Crippen molar-refractivity contribution in [1.29, 1.82) is 0 Å². The van der Waals surface area contributed by atoms with Gasteiger partial charge >= 0.3 is 11.9 Å². The lowest BCUT2D eigenvalue weighted by Gasteiger charge is -2.09. The number of rotatable bonds is 5. The molecular weight excluding hydrogens is 405 g/mol. The first-order valence-electron chi connectivity index (χ1n) is 7.62. The van der Waals surface area contributed by atoms with Crippen molar-refractivity contribution in [2.45, 2.75) is 12.6 Å². The average Bonchev–Trinajstić information content (AvgIpc) is 2.97. The molecule has 0 radical (unpaired) electrons. The van der Waals surface area contributed by atoms with Gasteiger partial charge in [-0.2, -0.15) is 13.2 Å². The molecule has 0 aromatic carbocycles. The number of nitrogens with zero attached hydrogens (tertiary/aromatic N) is 5. The Morgan fingerprint density at radius 2 is 1.96 bits per heavy atom. The fraction of sp³-hybridized carbons (Fsp3) is 0.214. The minimum absolute atomic E-state index is 0.00537. The van der Waals surface area contributed by atoms with E-state index >= 15 is 0 Å². The highest BCUT2D eigenvalue weighted by Gasteiger charge is 2.34. The second-order valence-electron chi connectivity index (χ2n) is 5.63. The molecule has 0 saturated carbocycles. The number of halogens is 4. The standard InChI is InChI=1S/C14H12ClF3N8O2/c15-8-4-10-22-7(14(16,17)18)5-25(10)13(23-8)21-2-1-6-3-9(19)24-12(20)11(6)26(27)28/h3-5H,1-2H2,(H,21,23)(H4,19,20,24). The van der Waals surface area contributed by atoms with Crippen molar-refractivity contribution >= 4 is 40.5 Å². The molecule has 0 aliphatic heterocycles. The van der Waals surface area contributed by atoms with Gasteiger partial charge in [0.2, 0.25) is 11.8 Å². The SMILES string of the molecule is Nc1cc(CCNc2nc(Cl)cc3nc(C(F)(F)F)cn23)c([N+](=O)[O-])c(N)n1. The highest BCUT2D eigenvalue weighted by molar-refractivity contribution is 6.29. The summed E-state index contributed by atoms with van der Waals surface area (Å²) in [5, 5.41) is 13.9. The third-order valence-electron chi connectivity index (χ3n) is 3.69. The van der Waals surface area contributed by atoms with Crippen LogP contribution >= 0.6 is 11.6 Å². The van der Waals surface area contributed by atoms with Crippen LogP contribution in [0.15, 0.2) is 18.3 Å². The van der Waals surface area contributed by atoms with E-state index in [1.807, 2.05) is 0 Å². The Labute approximate surface area is 159 Å². The quantitative estimate of drug-likeness (QED) is 0.326. The second-order valence-corrected chi connectivity index (χ2v) is 6.02. The van der Waals surface area contributed by atoms with Gasteiger partial charge in [-0.3, -0.25) is 14.5 Å². The van der Waals surface area contributed by atoms with Crippen LogP contribution in [0, 0.1) is 10.1 Å². The molecule has 5 N–H and O–H groups in total. The van der Waals surface area contributed by atoms with Crippen LogP contribution in [0.3, 0.4) is 0 Å². The zero-order chi connectivity index (χ0) is 20.6. The van der Waals surface area contributed by atoms with E-state index < -0.39 is 16.8 Å². The van der Waals surface area contributed by atoms with Gasteiger partial charge in [-0.1, -0.05) is 11.6 Å². The first-order chi connectivity index (χ1) is 13.1. The van der Waals surface area contributed by atoms with E-state index in [0.29, 0.717) is 0 Å². The minimum atomic E-state index is -4.64. The molecule has 148 valence electrons. The first kappa shape index (κ1) is 19.4. The van der Waals surface area contributed by atoms with Crippen molar-refractivity contribution in [2.75, 3.05) is 23.3 Å². The van der Waals surface area contributed by atoms with E-state index in [0.717, 1.165) is 10.6 Å². The van der Waals surface area contributed by atoms with Gasteiger partial charge < -0.3 is 16.8 Å². The lowest BCUT2D eigenvalue weighted by Crippen LogP contribution is -2.12. The van der Waals surface area contributed by atoms with E-state index in [9.17, 15) is 23.3 Å². The molecular formula is C14H12ClF3N8O2. The van der Waals surface area contributed by atoms with Gasteiger partial charge in [0.15, 0.2) is 5.69 Å². The van der Waals surface area contributed by atoms with Crippen molar-refractivity contribution in [3.05, 3.63) is 44.9 Å². The van der Waals surface area contributed by atoms with Crippen LogP contribution in [0.25, 0.3) is 5.65 Å². The van der Waals surface area contributed by atoms with E-state index in [1.54, 1.807) is 0 Å². The number of imidazole rings is 1. The van der Waals surface area contributed by atoms with Crippen molar-refractivity contribution in [3.63, 3.8) is 0 Å². The molecule has 28 heavy (non-hydrogen) atoms. The van der Waals surface area contributed by atoms with Crippen molar-refractivity contribution in [1.82, 2.24) is 19.4 Å². The Kier molecular flexibility index (Phi) is 4.85. The van der Waals surface area contributed by atoms with E-state index in [4.69, 9.17) is 23.1 Å². The molecule has 0 bridgehead atoms. The number of fused-ring (bicyclic) bond motifs is 1. The molecule has 14 heteroatoms. The Morgan fingerprint density at radius 1 is 1.25 bits per heavy atom. The monoisotopic (exact) mass is 416 g/mol. The maximum absolute atomic E-state index is 12.9. The summed E-state index contributed by atoms with van der Waals surface area (Å²) < 4.78 is 39.7. The van der Waals surface area contributed by atoms with Crippen LogP contribution < -0.4 is 16.8 Å². The van der Waals surface area contributed by atoms with Gasteiger partial charge in [0.05, 0.1) is 4.92 Å². The number of hydrogen-bond acceptors (Lipinski definition) is 8. The lowest BCUT2D eigenvalue weighted by atomic mass is 10.1. The predicted octanol–water partition coefficient (Wildman–Crippen LogP) is 2.52. The van der Waals surface area contributed by atoms with Crippen LogP contribution in [0.5, 0.6) is 0 Å². The molecule has 0 saturated heterocycles. The summed E-state index contributed by atoms with van der Waals surface area (Å²) in [6, 6.07) is 2.48. The molecule has 0 atom stereocenters. The number of hydrogen-bond donors (Lipinski definition) is 3. The van der Waals surface area contributed by atoms with Crippen LogP contribution in [-0.2, 0) is 12.6 Å². The Morgan fingerprint density at radius 3 is 2.61 bits per heavy atom.